The molecule has 120 valence electrons. The van der Waals surface area contributed by atoms with Gasteiger partial charge in [-0.05, 0) is 26.3 Å². The molecule has 1 aromatic rings. The SMILES string of the molecule is CCC(C)c1nc(N2CCS(=O)(=O)CC2C)sc1CNC. The van der Waals surface area contributed by atoms with Crippen molar-refractivity contribution >= 4 is 26.3 Å². The number of rotatable bonds is 5. The van der Waals surface area contributed by atoms with E-state index in [2.05, 4.69) is 24.1 Å². The maximum absolute atomic E-state index is 11.7. The molecule has 2 heterocycles. The minimum Gasteiger partial charge on any atom is -0.343 e. The molecule has 0 aliphatic carbocycles. The number of sulfone groups is 1. The molecule has 5 nitrogen and oxygen atoms in total. The van der Waals surface area contributed by atoms with Crippen LogP contribution in [0.2, 0.25) is 0 Å². The molecule has 1 N–H and O–H groups in total. The molecule has 0 bridgehead atoms. The maximum atomic E-state index is 11.7. The van der Waals surface area contributed by atoms with Crippen LogP contribution in [0.15, 0.2) is 0 Å². The zero-order valence-electron chi connectivity index (χ0n) is 13.2. The Hall–Kier alpha value is -0.660. The summed E-state index contributed by atoms with van der Waals surface area (Å²) in [5.41, 5.74) is 1.16. The highest BCUT2D eigenvalue weighted by atomic mass is 32.2. The van der Waals surface area contributed by atoms with Crippen LogP contribution in [-0.4, -0.2) is 44.5 Å². The van der Waals surface area contributed by atoms with Crippen molar-refractivity contribution in [1.29, 1.82) is 0 Å². The Morgan fingerprint density at radius 1 is 1.52 bits per heavy atom. The molecule has 1 saturated heterocycles. The van der Waals surface area contributed by atoms with E-state index in [0.29, 0.717) is 12.5 Å². The fraction of sp³-hybridized carbons (Fsp3) is 0.786. The summed E-state index contributed by atoms with van der Waals surface area (Å²) in [6, 6.07) is 0.00196. The average Bonchev–Trinajstić information content (AvgIpc) is 2.81. The number of nitrogens with zero attached hydrogens (tertiary/aromatic N) is 2. The van der Waals surface area contributed by atoms with Gasteiger partial charge in [-0.3, -0.25) is 0 Å². The molecular formula is C14H25N3O2S2. The highest BCUT2D eigenvalue weighted by Crippen LogP contribution is 2.34. The molecule has 0 saturated carbocycles. The van der Waals surface area contributed by atoms with Crippen LogP contribution in [0.4, 0.5) is 5.13 Å². The first-order valence-corrected chi connectivity index (χ1v) is 10.1. The average molecular weight is 332 g/mol. The van der Waals surface area contributed by atoms with Gasteiger partial charge in [-0.15, -0.1) is 11.3 Å². The van der Waals surface area contributed by atoms with E-state index >= 15 is 0 Å². The smallest absolute Gasteiger partial charge is 0.186 e. The van der Waals surface area contributed by atoms with Crippen LogP contribution in [0.25, 0.3) is 0 Å². The van der Waals surface area contributed by atoms with Gasteiger partial charge in [-0.2, -0.15) is 0 Å². The van der Waals surface area contributed by atoms with Crippen LogP contribution >= 0.6 is 11.3 Å². The number of aromatic nitrogens is 1. The van der Waals surface area contributed by atoms with Gasteiger partial charge >= 0.3 is 0 Å². The highest BCUT2D eigenvalue weighted by Gasteiger charge is 2.30. The van der Waals surface area contributed by atoms with Crippen molar-refractivity contribution in [3.63, 3.8) is 0 Å². The van der Waals surface area contributed by atoms with Crippen molar-refractivity contribution in [3.8, 4) is 0 Å². The molecule has 7 heteroatoms. The van der Waals surface area contributed by atoms with Crippen LogP contribution in [0, 0.1) is 0 Å². The second kappa shape index (κ2) is 6.62. The van der Waals surface area contributed by atoms with Crippen molar-refractivity contribution in [3.05, 3.63) is 10.6 Å². The molecule has 2 rings (SSSR count). The normalized spacial score (nSPS) is 23.2. The van der Waals surface area contributed by atoms with Gasteiger partial charge in [0.1, 0.15) is 0 Å². The summed E-state index contributed by atoms with van der Waals surface area (Å²) in [6.07, 6.45) is 1.06. The summed E-state index contributed by atoms with van der Waals surface area (Å²) in [5.74, 6) is 0.894. The summed E-state index contributed by atoms with van der Waals surface area (Å²) in [5, 5.41) is 4.17. The van der Waals surface area contributed by atoms with E-state index in [1.807, 2.05) is 14.0 Å². The van der Waals surface area contributed by atoms with Crippen molar-refractivity contribution in [2.24, 2.45) is 0 Å². The second-order valence-electron chi connectivity index (χ2n) is 5.80. The minimum atomic E-state index is -2.88. The molecule has 21 heavy (non-hydrogen) atoms. The first-order chi connectivity index (χ1) is 9.88. The van der Waals surface area contributed by atoms with Crippen molar-refractivity contribution < 1.29 is 8.42 Å². The molecule has 0 radical (unpaired) electrons. The Bertz CT molecular complexity index is 583. The van der Waals surface area contributed by atoms with Gasteiger partial charge in [0.15, 0.2) is 15.0 Å². The van der Waals surface area contributed by atoms with Gasteiger partial charge < -0.3 is 10.2 Å². The Morgan fingerprint density at radius 2 is 2.24 bits per heavy atom. The van der Waals surface area contributed by atoms with E-state index in [0.717, 1.165) is 23.8 Å². The van der Waals surface area contributed by atoms with Gasteiger partial charge in [0.05, 0.1) is 17.2 Å². The van der Waals surface area contributed by atoms with Gasteiger partial charge in [0, 0.05) is 24.0 Å². The van der Waals surface area contributed by atoms with E-state index in [-0.39, 0.29) is 17.5 Å². The number of anilines is 1. The number of hydrogen-bond donors (Lipinski definition) is 1. The quantitative estimate of drug-likeness (QED) is 0.894. The molecular weight excluding hydrogens is 306 g/mol. The predicted molar refractivity (Wildman–Crippen MR) is 89.0 cm³/mol. The lowest BCUT2D eigenvalue weighted by atomic mass is 10.0. The first kappa shape index (κ1) is 16.7. The summed E-state index contributed by atoms with van der Waals surface area (Å²) in [6.45, 7) is 7.71. The summed E-state index contributed by atoms with van der Waals surface area (Å²) in [4.78, 5) is 8.25. The van der Waals surface area contributed by atoms with Crippen LogP contribution < -0.4 is 10.2 Å². The van der Waals surface area contributed by atoms with Crippen LogP contribution in [0.1, 0.15) is 43.7 Å². The molecule has 1 aliphatic heterocycles. The van der Waals surface area contributed by atoms with Crippen molar-refractivity contribution in [2.45, 2.75) is 45.7 Å². The topological polar surface area (TPSA) is 62.3 Å². The largest absolute Gasteiger partial charge is 0.343 e. The Kier molecular flexibility index (Phi) is 5.27. The summed E-state index contributed by atoms with van der Waals surface area (Å²) >= 11 is 1.70. The Balaban J connectivity index is 2.28. The predicted octanol–water partition coefficient (Wildman–Crippen LogP) is 2.00. The monoisotopic (exact) mass is 331 g/mol. The molecule has 0 spiro atoms. The van der Waals surface area contributed by atoms with E-state index in [4.69, 9.17) is 4.98 Å². The fourth-order valence-corrected chi connectivity index (χ4v) is 5.50. The van der Waals surface area contributed by atoms with E-state index in [9.17, 15) is 8.42 Å². The van der Waals surface area contributed by atoms with E-state index in [1.54, 1.807) is 11.3 Å². The molecule has 0 amide bonds. The number of hydrogen-bond acceptors (Lipinski definition) is 6. The molecule has 1 aliphatic rings. The van der Waals surface area contributed by atoms with E-state index < -0.39 is 9.84 Å². The Morgan fingerprint density at radius 3 is 2.81 bits per heavy atom. The molecule has 0 aromatic carbocycles. The number of nitrogens with one attached hydrogen (secondary N) is 1. The third-order valence-corrected chi connectivity index (χ3v) is 6.95. The van der Waals surface area contributed by atoms with Crippen molar-refractivity contribution in [1.82, 2.24) is 10.3 Å². The van der Waals surface area contributed by atoms with Gasteiger partial charge in [0.25, 0.3) is 0 Å². The number of thiazole rings is 1. The second-order valence-corrected chi connectivity index (χ2v) is 9.09. The third-order valence-electron chi connectivity index (χ3n) is 4.05. The standard InChI is InChI=1S/C14H25N3O2S2/c1-5-10(2)13-12(8-15-4)20-14(16-13)17-6-7-21(18,19)9-11(17)3/h10-11,15H,5-9H2,1-4H3. The zero-order valence-corrected chi connectivity index (χ0v) is 14.9. The molecule has 1 aromatic heterocycles. The van der Waals surface area contributed by atoms with Gasteiger partial charge in [-0.1, -0.05) is 13.8 Å². The van der Waals surface area contributed by atoms with Crippen LogP contribution in [0.3, 0.4) is 0 Å². The molecule has 1 fully saturated rings. The fourth-order valence-electron chi connectivity index (χ4n) is 2.62. The highest BCUT2D eigenvalue weighted by molar-refractivity contribution is 7.91. The van der Waals surface area contributed by atoms with Gasteiger partial charge in [0.2, 0.25) is 0 Å². The maximum Gasteiger partial charge on any atom is 0.186 e. The summed E-state index contributed by atoms with van der Waals surface area (Å²) in [7, 11) is -0.944. The minimum absolute atomic E-state index is 0.00196. The summed E-state index contributed by atoms with van der Waals surface area (Å²) < 4.78 is 23.4. The van der Waals surface area contributed by atoms with Crippen molar-refractivity contribution in [2.75, 3.05) is 30.0 Å². The molecule has 2 atom stereocenters. The lowest BCUT2D eigenvalue weighted by Crippen LogP contribution is -2.47. The van der Waals surface area contributed by atoms with Crippen LogP contribution in [0.5, 0.6) is 0 Å². The van der Waals surface area contributed by atoms with E-state index in [1.165, 1.54) is 4.88 Å². The lowest BCUT2D eigenvalue weighted by Gasteiger charge is -2.32. The molecule has 2 unspecified atom stereocenters. The van der Waals surface area contributed by atoms with Crippen LogP contribution in [-0.2, 0) is 16.4 Å². The Labute approximate surface area is 131 Å². The third kappa shape index (κ3) is 3.76. The lowest BCUT2D eigenvalue weighted by molar-refractivity contribution is 0.567. The first-order valence-electron chi connectivity index (χ1n) is 7.49. The van der Waals surface area contributed by atoms with Gasteiger partial charge in [-0.25, -0.2) is 13.4 Å². The zero-order chi connectivity index (χ0) is 15.6.